The number of rotatable bonds is 10. The lowest BCUT2D eigenvalue weighted by molar-refractivity contribution is 1.37. The minimum Gasteiger partial charge on any atom is -0.138 e. The predicted molar refractivity (Wildman–Crippen MR) is 157 cm³/mol. The van der Waals surface area contributed by atoms with Crippen molar-refractivity contribution in [1.29, 1.82) is 0 Å². The molecule has 1 heteroatoms. The van der Waals surface area contributed by atoms with Crippen LogP contribution < -0.4 is 0 Å². The molecule has 0 aliphatic heterocycles. The van der Waals surface area contributed by atoms with Gasteiger partial charge in [-0.3, -0.25) is 0 Å². The summed E-state index contributed by atoms with van der Waals surface area (Å²) in [6.07, 6.45) is 18.0. The smallest absolute Gasteiger partial charge is 0.0423 e. The fraction of sp³-hybridized carbons (Fsp3) is 0.0588. The molecule has 0 heterocycles. The van der Waals surface area contributed by atoms with Crippen molar-refractivity contribution in [2.24, 2.45) is 0 Å². The van der Waals surface area contributed by atoms with E-state index < -0.39 is 0 Å². The Morgan fingerprint density at radius 3 is 0.800 bits per heavy atom. The summed E-state index contributed by atoms with van der Waals surface area (Å²) in [5.74, 6) is 0. The van der Waals surface area contributed by atoms with Gasteiger partial charge in [0.1, 0.15) is 0 Å². The first-order valence-corrected chi connectivity index (χ1v) is 12.9. The lowest BCUT2D eigenvalue weighted by Gasteiger charge is -2.14. The molecule has 0 aliphatic rings. The molecule has 4 aromatic carbocycles. The number of hydrogen-bond donors (Lipinski definition) is 0. The van der Waals surface area contributed by atoms with Crippen molar-refractivity contribution in [3.63, 3.8) is 0 Å². The average molecular weight is 471 g/mol. The number of hydrogen-bond acceptors (Lipinski definition) is 1. The van der Waals surface area contributed by atoms with Gasteiger partial charge in [-0.25, -0.2) is 0 Å². The minimum atomic E-state index is 0.209. The SMILES string of the molecule is C(=CC(C=Cc1ccccc1)SC(C=Cc1ccccc1)C=Cc1ccccc1)c1ccccc1. The Morgan fingerprint density at radius 2 is 0.571 bits per heavy atom. The van der Waals surface area contributed by atoms with Crippen LogP contribution in [0.5, 0.6) is 0 Å². The molecule has 0 N–H and O–H groups in total. The van der Waals surface area contributed by atoms with Crippen molar-refractivity contribution >= 4 is 36.1 Å². The minimum absolute atomic E-state index is 0.209. The van der Waals surface area contributed by atoms with Crippen molar-refractivity contribution in [3.8, 4) is 0 Å². The largest absolute Gasteiger partial charge is 0.138 e. The fourth-order valence-electron chi connectivity index (χ4n) is 3.57. The maximum Gasteiger partial charge on any atom is 0.0423 e. The first-order chi connectivity index (χ1) is 17.3. The van der Waals surface area contributed by atoms with Crippen molar-refractivity contribution < 1.29 is 0 Å². The van der Waals surface area contributed by atoms with Gasteiger partial charge in [-0.05, 0) is 22.3 Å². The molecule has 0 unspecified atom stereocenters. The quantitative estimate of drug-likeness (QED) is 0.222. The van der Waals surface area contributed by atoms with Gasteiger partial charge in [0.25, 0.3) is 0 Å². The predicted octanol–water partition coefficient (Wildman–Crippen LogP) is 9.31. The monoisotopic (exact) mass is 470 g/mol. The second-order valence-corrected chi connectivity index (χ2v) is 9.51. The lowest BCUT2D eigenvalue weighted by atomic mass is 10.1. The third-order valence-corrected chi connectivity index (χ3v) is 6.68. The summed E-state index contributed by atoms with van der Waals surface area (Å²) in [6.45, 7) is 0. The first-order valence-electron chi connectivity index (χ1n) is 11.9. The summed E-state index contributed by atoms with van der Waals surface area (Å²) in [5, 5.41) is 0.419. The molecule has 0 atom stereocenters. The van der Waals surface area contributed by atoms with E-state index in [1.165, 1.54) is 22.3 Å². The van der Waals surface area contributed by atoms with Gasteiger partial charge in [0.05, 0.1) is 0 Å². The average Bonchev–Trinajstić information content (AvgIpc) is 2.93. The van der Waals surface area contributed by atoms with E-state index in [-0.39, 0.29) is 10.5 Å². The van der Waals surface area contributed by atoms with Crippen molar-refractivity contribution in [2.45, 2.75) is 10.5 Å². The Hall–Kier alpha value is -3.81. The van der Waals surface area contributed by atoms with Crippen LogP contribution in [0.25, 0.3) is 24.3 Å². The van der Waals surface area contributed by atoms with Crippen molar-refractivity contribution in [2.75, 3.05) is 0 Å². The summed E-state index contributed by atoms with van der Waals surface area (Å²) < 4.78 is 0. The molecule has 0 aliphatic carbocycles. The number of benzene rings is 4. The Morgan fingerprint density at radius 1 is 0.343 bits per heavy atom. The molecule has 0 spiro atoms. The molecule has 172 valence electrons. The van der Waals surface area contributed by atoms with Crippen LogP contribution in [0.4, 0.5) is 0 Å². The lowest BCUT2D eigenvalue weighted by Crippen LogP contribution is -2.02. The van der Waals surface area contributed by atoms with Crippen LogP contribution in [-0.4, -0.2) is 10.5 Å². The van der Waals surface area contributed by atoms with Gasteiger partial charge in [-0.15, -0.1) is 11.8 Å². The van der Waals surface area contributed by atoms with Gasteiger partial charge >= 0.3 is 0 Å². The summed E-state index contributed by atoms with van der Waals surface area (Å²) in [4.78, 5) is 0. The van der Waals surface area contributed by atoms with Gasteiger partial charge in [-0.1, -0.05) is 170 Å². The highest BCUT2D eigenvalue weighted by atomic mass is 32.2. The molecule has 0 aromatic heterocycles. The molecule has 0 radical (unpaired) electrons. The maximum atomic E-state index is 2.29. The Labute approximate surface area is 214 Å². The van der Waals surface area contributed by atoms with Gasteiger partial charge in [0.2, 0.25) is 0 Å². The topological polar surface area (TPSA) is 0 Å². The van der Waals surface area contributed by atoms with E-state index >= 15 is 0 Å². The molecule has 0 nitrogen and oxygen atoms in total. The van der Waals surface area contributed by atoms with Gasteiger partial charge in [0.15, 0.2) is 0 Å². The zero-order valence-corrected chi connectivity index (χ0v) is 20.5. The molecule has 0 saturated heterocycles. The molecule has 35 heavy (non-hydrogen) atoms. The molecule has 0 bridgehead atoms. The summed E-state index contributed by atoms with van der Waals surface area (Å²) in [6, 6.07) is 42.0. The fourth-order valence-corrected chi connectivity index (χ4v) is 4.61. The second-order valence-electron chi connectivity index (χ2n) is 8.14. The molecule has 4 aromatic rings. The van der Waals surface area contributed by atoms with E-state index in [2.05, 4.69) is 170 Å². The summed E-state index contributed by atoms with van der Waals surface area (Å²) >= 11 is 1.92. The number of thioether (sulfide) groups is 1. The van der Waals surface area contributed by atoms with E-state index in [1.54, 1.807) is 0 Å². The van der Waals surface area contributed by atoms with Crippen LogP contribution in [0.1, 0.15) is 22.3 Å². The van der Waals surface area contributed by atoms with Crippen LogP contribution >= 0.6 is 11.8 Å². The molecule has 0 amide bonds. The molecular weight excluding hydrogens is 440 g/mol. The second kappa shape index (κ2) is 13.8. The Bertz CT molecular complexity index is 1040. The van der Waals surface area contributed by atoms with Crippen molar-refractivity contribution in [3.05, 3.63) is 168 Å². The molecular formula is C34H30S. The highest BCUT2D eigenvalue weighted by molar-refractivity contribution is 8.01. The van der Waals surface area contributed by atoms with E-state index in [9.17, 15) is 0 Å². The standard InChI is InChI=1S/C34H30S/c1-5-13-29(14-6-1)21-25-33(26-22-30-15-7-2-8-16-30)35-34(27-23-31-17-9-3-10-18-31)28-24-32-19-11-4-12-20-32/h1-28,33-34H. The van der Waals surface area contributed by atoms with E-state index in [0.29, 0.717) is 0 Å². The van der Waals surface area contributed by atoms with E-state index in [0.717, 1.165) is 0 Å². The third kappa shape index (κ3) is 8.81. The van der Waals surface area contributed by atoms with E-state index in [4.69, 9.17) is 0 Å². The van der Waals surface area contributed by atoms with Crippen LogP contribution in [-0.2, 0) is 0 Å². The zero-order valence-electron chi connectivity index (χ0n) is 19.7. The first kappa shape index (κ1) is 24.3. The zero-order chi connectivity index (χ0) is 24.0. The van der Waals surface area contributed by atoms with E-state index in [1.807, 2.05) is 11.8 Å². The van der Waals surface area contributed by atoms with Gasteiger partial charge < -0.3 is 0 Å². The summed E-state index contributed by atoms with van der Waals surface area (Å²) in [7, 11) is 0. The molecule has 0 saturated carbocycles. The van der Waals surface area contributed by atoms with Crippen molar-refractivity contribution in [1.82, 2.24) is 0 Å². The van der Waals surface area contributed by atoms with Gasteiger partial charge in [-0.2, -0.15) is 0 Å². The highest BCUT2D eigenvalue weighted by Gasteiger charge is 2.09. The third-order valence-electron chi connectivity index (χ3n) is 5.43. The van der Waals surface area contributed by atoms with Crippen LogP contribution in [0, 0.1) is 0 Å². The Balaban J connectivity index is 1.59. The van der Waals surface area contributed by atoms with Crippen LogP contribution in [0.2, 0.25) is 0 Å². The highest BCUT2D eigenvalue weighted by Crippen LogP contribution is 2.26. The maximum absolute atomic E-state index is 2.29. The molecule has 4 rings (SSSR count). The van der Waals surface area contributed by atoms with Gasteiger partial charge in [0, 0.05) is 10.5 Å². The molecule has 0 fully saturated rings. The normalized spacial score (nSPS) is 13.7. The Kier molecular flexibility index (Phi) is 9.58. The van der Waals surface area contributed by atoms with Crippen LogP contribution in [0.15, 0.2) is 146 Å². The summed E-state index contributed by atoms with van der Waals surface area (Å²) in [5.41, 5.74) is 4.84. The van der Waals surface area contributed by atoms with Crippen LogP contribution in [0.3, 0.4) is 0 Å².